The normalized spacial score (nSPS) is 17.1. The molecule has 1 aliphatic heterocycles. The lowest BCUT2D eigenvalue weighted by Gasteiger charge is -2.19. The molecule has 206 valence electrons. The molecule has 4 rings (SSSR count). The van der Waals surface area contributed by atoms with Gasteiger partial charge in [0.05, 0.1) is 21.0 Å². The molecule has 38 heavy (non-hydrogen) atoms. The number of halogens is 7. The van der Waals surface area contributed by atoms with Crippen LogP contribution in [-0.4, -0.2) is 39.6 Å². The van der Waals surface area contributed by atoms with Crippen LogP contribution < -0.4 is 9.46 Å². The number of likely N-dealkylation sites (tertiary alicyclic amines) is 1. The van der Waals surface area contributed by atoms with Gasteiger partial charge in [0.15, 0.2) is 0 Å². The summed E-state index contributed by atoms with van der Waals surface area (Å²) in [6.07, 6.45) is -9.10. The topological polar surface area (TPSA) is 58.6 Å². The van der Waals surface area contributed by atoms with Gasteiger partial charge in [-0.15, -0.1) is 11.3 Å². The molecule has 1 aliphatic rings. The van der Waals surface area contributed by atoms with Gasteiger partial charge in [0.2, 0.25) is 0 Å². The molecule has 15 heteroatoms. The first-order valence-corrected chi connectivity index (χ1v) is 14.8. The highest BCUT2D eigenvalue weighted by Gasteiger charge is 2.36. The number of nitrogens with zero attached hydrogens (tertiary/aromatic N) is 1. The summed E-state index contributed by atoms with van der Waals surface area (Å²) in [6, 6.07) is 8.51. The van der Waals surface area contributed by atoms with E-state index in [-0.39, 0.29) is 9.90 Å². The highest BCUT2D eigenvalue weighted by Crippen LogP contribution is 2.43. The smallest absolute Gasteiger partial charge is 0.419 e. The van der Waals surface area contributed by atoms with E-state index in [1.807, 2.05) is 11.9 Å². The van der Waals surface area contributed by atoms with Crippen LogP contribution in [0.4, 0.5) is 32.0 Å². The van der Waals surface area contributed by atoms with Gasteiger partial charge in [-0.3, -0.25) is 4.72 Å². The van der Waals surface area contributed by atoms with E-state index < -0.39 is 45.4 Å². The number of hydrogen-bond donors (Lipinski definition) is 1. The highest BCUT2D eigenvalue weighted by molar-refractivity contribution is 9.10. The third-order valence-electron chi connectivity index (χ3n) is 5.47. The summed E-state index contributed by atoms with van der Waals surface area (Å²) >= 11 is 5.18. The fourth-order valence-electron chi connectivity index (χ4n) is 3.65. The Balaban J connectivity index is 1.54. The van der Waals surface area contributed by atoms with Gasteiger partial charge in [-0.05, 0) is 71.9 Å². The van der Waals surface area contributed by atoms with Crippen molar-refractivity contribution in [2.24, 2.45) is 0 Å². The molecule has 0 spiro atoms. The quantitative estimate of drug-likeness (QED) is 0.265. The van der Waals surface area contributed by atoms with Crippen LogP contribution in [0.3, 0.4) is 0 Å². The van der Waals surface area contributed by atoms with Crippen LogP contribution in [0.2, 0.25) is 0 Å². The molecule has 2 heterocycles. The summed E-state index contributed by atoms with van der Waals surface area (Å²) in [7, 11) is -2.38. The molecule has 0 saturated carbocycles. The van der Waals surface area contributed by atoms with Gasteiger partial charge in [0.25, 0.3) is 10.0 Å². The van der Waals surface area contributed by atoms with Crippen molar-refractivity contribution < 1.29 is 39.5 Å². The zero-order valence-corrected chi connectivity index (χ0v) is 23.4. The molecule has 0 amide bonds. The van der Waals surface area contributed by atoms with Crippen LogP contribution in [0.15, 0.2) is 66.3 Å². The van der Waals surface area contributed by atoms with Gasteiger partial charge in [-0.25, -0.2) is 8.42 Å². The minimum absolute atomic E-state index is 0.110. The molecule has 1 saturated heterocycles. The second kappa shape index (κ2) is 10.9. The predicted octanol–water partition coefficient (Wildman–Crippen LogP) is 7.58. The van der Waals surface area contributed by atoms with Gasteiger partial charge in [-0.1, -0.05) is 11.8 Å². The Hall–Kier alpha value is -1.94. The van der Waals surface area contributed by atoms with Crippen molar-refractivity contribution in [3.63, 3.8) is 0 Å². The Labute approximate surface area is 231 Å². The van der Waals surface area contributed by atoms with Crippen molar-refractivity contribution in [3.8, 4) is 5.75 Å². The van der Waals surface area contributed by atoms with Crippen molar-refractivity contribution in [2.45, 2.75) is 38.2 Å². The molecular weight excluding hydrogens is 642 g/mol. The van der Waals surface area contributed by atoms with Gasteiger partial charge in [-0.2, -0.15) is 26.3 Å². The molecule has 3 aromatic rings. The standard InChI is InChI=1S/C23H19BrF6N2O3S3/c1-32-9-8-15(12-32)35-19-10-14(4-7-17(19)23(28,29)30)31-38(33,34)20-11-18(24)21(37-20)36-16-5-2-13(3-6-16)22(25,26)27/h2-7,10-11,15,31H,8-9,12H2,1H3. The fourth-order valence-corrected chi connectivity index (χ4v) is 8.33. The van der Waals surface area contributed by atoms with E-state index >= 15 is 0 Å². The average Bonchev–Trinajstić information content (AvgIpc) is 3.38. The number of alkyl halides is 6. The predicted molar refractivity (Wildman–Crippen MR) is 136 cm³/mol. The van der Waals surface area contributed by atoms with Crippen molar-refractivity contribution in [1.82, 2.24) is 4.90 Å². The summed E-state index contributed by atoms with van der Waals surface area (Å²) in [6.45, 7) is 1.11. The molecule has 2 aromatic carbocycles. The summed E-state index contributed by atoms with van der Waals surface area (Å²) in [4.78, 5) is 2.37. The van der Waals surface area contributed by atoms with Crippen LogP contribution in [-0.2, 0) is 22.4 Å². The van der Waals surface area contributed by atoms with E-state index in [1.54, 1.807) is 0 Å². The Morgan fingerprint density at radius 1 is 1.05 bits per heavy atom. The molecule has 0 radical (unpaired) electrons. The first-order valence-electron chi connectivity index (χ1n) is 10.9. The molecule has 1 N–H and O–H groups in total. The zero-order chi connectivity index (χ0) is 27.9. The van der Waals surface area contributed by atoms with Gasteiger partial charge in [0.1, 0.15) is 16.1 Å². The molecule has 0 bridgehead atoms. The number of nitrogens with one attached hydrogen (secondary N) is 1. The Bertz CT molecular complexity index is 1410. The molecule has 1 aromatic heterocycles. The second-order valence-electron chi connectivity index (χ2n) is 8.43. The highest BCUT2D eigenvalue weighted by atomic mass is 79.9. The third-order valence-corrected chi connectivity index (χ3v) is 10.8. The SMILES string of the molecule is CN1CCC(Oc2cc(NS(=O)(=O)c3cc(Br)c(Sc4ccc(C(F)(F)F)cc4)s3)ccc2C(F)(F)F)C1. The molecule has 1 unspecified atom stereocenters. The first kappa shape index (κ1) is 29.1. The molecule has 1 fully saturated rings. The van der Waals surface area contributed by atoms with Gasteiger partial charge in [0, 0.05) is 28.5 Å². The maximum Gasteiger partial charge on any atom is 0.419 e. The minimum Gasteiger partial charge on any atom is -0.488 e. The number of hydrogen-bond acceptors (Lipinski definition) is 6. The van der Waals surface area contributed by atoms with E-state index in [0.717, 1.165) is 53.4 Å². The zero-order valence-electron chi connectivity index (χ0n) is 19.4. The van der Waals surface area contributed by atoms with Crippen LogP contribution in [0, 0.1) is 0 Å². The number of ether oxygens (including phenoxy) is 1. The van der Waals surface area contributed by atoms with Gasteiger partial charge >= 0.3 is 12.4 Å². The largest absolute Gasteiger partial charge is 0.488 e. The number of anilines is 1. The summed E-state index contributed by atoms with van der Waals surface area (Å²) in [5.41, 5.74) is -1.93. The maximum absolute atomic E-state index is 13.5. The van der Waals surface area contributed by atoms with E-state index in [0.29, 0.717) is 33.1 Å². The summed E-state index contributed by atoms with van der Waals surface area (Å²) < 4.78 is 114. The summed E-state index contributed by atoms with van der Waals surface area (Å²) in [5.74, 6) is -0.469. The molecular formula is C23H19BrF6N2O3S3. The lowest BCUT2D eigenvalue weighted by atomic mass is 10.1. The number of benzene rings is 2. The van der Waals surface area contributed by atoms with Crippen LogP contribution in [0.1, 0.15) is 17.5 Å². The second-order valence-corrected chi connectivity index (χ2v) is 13.6. The lowest BCUT2D eigenvalue weighted by Crippen LogP contribution is -2.23. The van der Waals surface area contributed by atoms with Crippen molar-refractivity contribution in [1.29, 1.82) is 0 Å². The van der Waals surface area contributed by atoms with Crippen molar-refractivity contribution in [3.05, 3.63) is 64.1 Å². The molecule has 0 aliphatic carbocycles. The Kier molecular flexibility index (Phi) is 8.34. The first-order chi connectivity index (χ1) is 17.6. The van der Waals surface area contributed by atoms with Crippen LogP contribution in [0.25, 0.3) is 0 Å². The van der Waals surface area contributed by atoms with E-state index in [4.69, 9.17) is 4.74 Å². The van der Waals surface area contributed by atoms with E-state index in [9.17, 15) is 34.8 Å². The van der Waals surface area contributed by atoms with E-state index in [1.165, 1.54) is 18.2 Å². The number of thiophene rings is 1. The van der Waals surface area contributed by atoms with Crippen molar-refractivity contribution >= 4 is 54.7 Å². The van der Waals surface area contributed by atoms with Crippen molar-refractivity contribution in [2.75, 3.05) is 24.9 Å². The maximum atomic E-state index is 13.5. The monoisotopic (exact) mass is 660 g/mol. The minimum atomic E-state index is -4.69. The Morgan fingerprint density at radius 2 is 1.74 bits per heavy atom. The number of likely N-dealkylation sites (N-methyl/N-ethyl adjacent to an activating group) is 1. The molecule has 1 atom stereocenters. The third kappa shape index (κ3) is 6.97. The van der Waals surface area contributed by atoms with Crippen LogP contribution >= 0.6 is 39.0 Å². The number of rotatable bonds is 7. The van der Waals surface area contributed by atoms with E-state index in [2.05, 4.69) is 20.7 Å². The summed E-state index contributed by atoms with van der Waals surface area (Å²) in [5, 5.41) is 0. The number of sulfonamides is 1. The lowest BCUT2D eigenvalue weighted by molar-refractivity contribution is -0.139. The van der Waals surface area contributed by atoms with Crippen LogP contribution in [0.5, 0.6) is 5.75 Å². The molecule has 5 nitrogen and oxygen atoms in total. The van der Waals surface area contributed by atoms with Gasteiger partial charge < -0.3 is 9.64 Å². The average molecular weight is 662 g/mol. The fraction of sp³-hybridized carbons (Fsp3) is 0.304. The Morgan fingerprint density at radius 3 is 2.32 bits per heavy atom.